The number of hydrogen-bond acceptors (Lipinski definition) is 9. The lowest BCUT2D eigenvalue weighted by Crippen LogP contribution is -2.40. The summed E-state index contributed by atoms with van der Waals surface area (Å²) in [6.45, 7) is 6.34. The number of fused-ring (bicyclic) bond motifs is 1. The van der Waals surface area contributed by atoms with Crippen molar-refractivity contribution >= 4 is 23.4 Å². The summed E-state index contributed by atoms with van der Waals surface area (Å²) in [5.74, 6) is 1.78. The molecule has 2 heterocycles. The number of ether oxygens (including phenoxy) is 5. The predicted octanol–water partition coefficient (Wildman–Crippen LogP) is 4.00. The molecule has 40 heavy (non-hydrogen) atoms. The number of esters is 1. The van der Waals surface area contributed by atoms with Crippen LogP contribution in [-0.2, 0) is 9.53 Å². The van der Waals surface area contributed by atoms with Gasteiger partial charge in [0.2, 0.25) is 0 Å². The molecule has 0 fully saturated rings. The van der Waals surface area contributed by atoms with Crippen molar-refractivity contribution in [1.29, 1.82) is 0 Å². The number of carbonyl (C=O) groups excluding carboxylic acids is 1. The van der Waals surface area contributed by atoms with E-state index in [0.29, 0.717) is 61.3 Å². The molecule has 1 atom stereocenters. The van der Waals surface area contributed by atoms with Crippen molar-refractivity contribution in [2.75, 3.05) is 34.5 Å². The number of hydrogen-bond donors (Lipinski definition) is 0. The fourth-order valence-corrected chi connectivity index (χ4v) is 5.52. The first-order valence-corrected chi connectivity index (χ1v) is 13.9. The van der Waals surface area contributed by atoms with Gasteiger partial charge in [0, 0.05) is 11.6 Å². The van der Waals surface area contributed by atoms with Gasteiger partial charge >= 0.3 is 5.97 Å². The predicted molar refractivity (Wildman–Crippen MR) is 153 cm³/mol. The van der Waals surface area contributed by atoms with Gasteiger partial charge in [-0.25, -0.2) is 9.79 Å². The van der Waals surface area contributed by atoms with Crippen LogP contribution in [0.25, 0.3) is 6.08 Å². The molecule has 0 unspecified atom stereocenters. The molecule has 0 saturated heterocycles. The van der Waals surface area contributed by atoms with Gasteiger partial charge in [-0.15, -0.1) is 0 Å². The van der Waals surface area contributed by atoms with E-state index in [-0.39, 0.29) is 12.2 Å². The highest BCUT2D eigenvalue weighted by Crippen LogP contribution is 2.36. The molecule has 0 radical (unpaired) electrons. The SMILES string of the molecule is CCCCOc1ccc([C@H]2C(C(=O)OCC)=C(C)N=c3s/c(=C/c4ccc(OC)cc4OC)c(=O)n32)cc1OC. The third-order valence-corrected chi connectivity index (χ3v) is 7.49. The van der Waals surface area contributed by atoms with Gasteiger partial charge in [-0.05, 0) is 56.2 Å². The molecular formula is C30H34N2O7S. The average Bonchev–Trinajstić information content (AvgIpc) is 3.26. The zero-order valence-electron chi connectivity index (χ0n) is 23.6. The summed E-state index contributed by atoms with van der Waals surface area (Å²) >= 11 is 1.24. The summed E-state index contributed by atoms with van der Waals surface area (Å²) in [7, 11) is 4.70. The van der Waals surface area contributed by atoms with E-state index in [1.165, 1.54) is 15.9 Å². The van der Waals surface area contributed by atoms with Crippen molar-refractivity contribution in [3.8, 4) is 23.0 Å². The maximum Gasteiger partial charge on any atom is 0.338 e. The molecule has 2 aromatic carbocycles. The highest BCUT2D eigenvalue weighted by atomic mass is 32.1. The normalized spacial score (nSPS) is 14.8. The zero-order valence-corrected chi connectivity index (χ0v) is 24.4. The summed E-state index contributed by atoms with van der Waals surface area (Å²) in [6.07, 6.45) is 3.67. The van der Waals surface area contributed by atoms with Crippen molar-refractivity contribution in [3.63, 3.8) is 0 Å². The monoisotopic (exact) mass is 566 g/mol. The third-order valence-electron chi connectivity index (χ3n) is 6.50. The molecule has 9 nitrogen and oxygen atoms in total. The minimum absolute atomic E-state index is 0.192. The molecule has 10 heteroatoms. The lowest BCUT2D eigenvalue weighted by molar-refractivity contribution is -0.139. The molecule has 0 amide bonds. The second-order valence-electron chi connectivity index (χ2n) is 9.02. The van der Waals surface area contributed by atoms with E-state index in [1.54, 1.807) is 65.5 Å². The molecule has 212 valence electrons. The Morgan fingerprint density at radius 2 is 1.80 bits per heavy atom. The van der Waals surface area contributed by atoms with Crippen LogP contribution in [0.2, 0.25) is 0 Å². The number of carbonyl (C=O) groups is 1. The van der Waals surface area contributed by atoms with E-state index in [4.69, 9.17) is 23.7 Å². The van der Waals surface area contributed by atoms with E-state index in [2.05, 4.69) is 11.9 Å². The number of unbranched alkanes of at least 4 members (excludes halogenated alkanes) is 1. The van der Waals surface area contributed by atoms with Crippen LogP contribution in [0.15, 0.2) is 57.5 Å². The van der Waals surface area contributed by atoms with Crippen LogP contribution in [0.5, 0.6) is 23.0 Å². The van der Waals surface area contributed by atoms with Crippen molar-refractivity contribution in [2.45, 2.75) is 39.7 Å². The van der Waals surface area contributed by atoms with E-state index >= 15 is 0 Å². The Morgan fingerprint density at radius 3 is 2.48 bits per heavy atom. The highest BCUT2D eigenvalue weighted by molar-refractivity contribution is 7.07. The lowest BCUT2D eigenvalue weighted by atomic mass is 9.95. The molecule has 3 aromatic rings. The molecule has 0 spiro atoms. The number of methoxy groups -OCH3 is 3. The van der Waals surface area contributed by atoms with Crippen LogP contribution in [0.4, 0.5) is 0 Å². The van der Waals surface area contributed by atoms with E-state index in [1.807, 2.05) is 12.1 Å². The highest BCUT2D eigenvalue weighted by Gasteiger charge is 2.34. The maximum atomic E-state index is 13.9. The van der Waals surface area contributed by atoms with Crippen LogP contribution >= 0.6 is 11.3 Å². The van der Waals surface area contributed by atoms with E-state index < -0.39 is 12.0 Å². The fraction of sp³-hybridized carbons (Fsp3) is 0.367. The van der Waals surface area contributed by atoms with Crippen LogP contribution in [0, 0.1) is 0 Å². The van der Waals surface area contributed by atoms with Gasteiger partial charge in [-0.2, -0.15) is 0 Å². The van der Waals surface area contributed by atoms with Gasteiger partial charge in [-0.3, -0.25) is 9.36 Å². The molecule has 1 aromatic heterocycles. The first kappa shape index (κ1) is 28.9. The average molecular weight is 567 g/mol. The van der Waals surface area contributed by atoms with Crippen LogP contribution in [-0.4, -0.2) is 45.1 Å². The Balaban J connectivity index is 1.90. The largest absolute Gasteiger partial charge is 0.497 e. The van der Waals surface area contributed by atoms with Gasteiger partial charge in [0.25, 0.3) is 5.56 Å². The van der Waals surface area contributed by atoms with E-state index in [0.717, 1.165) is 12.8 Å². The second kappa shape index (κ2) is 12.9. The number of nitrogens with zero attached hydrogens (tertiary/aromatic N) is 2. The number of rotatable bonds is 11. The topological polar surface area (TPSA) is 97.6 Å². The minimum Gasteiger partial charge on any atom is -0.497 e. The summed E-state index contributed by atoms with van der Waals surface area (Å²) < 4.78 is 29.7. The quantitative estimate of drug-likeness (QED) is 0.256. The lowest BCUT2D eigenvalue weighted by Gasteiger charge is -2.25. The third kappa shape index (κ3) is 5.77. The smallest absolute Gasteiger partial charge is 0.338 e. The number of benzene rings is 2. The Morgan fingerprint density at radius 1 is 1.02 bits per heavy atom. The summed E-state index contributed by atoms with van der Waals surface area (Å²) in [6, 6.07) is 10.1. The second-order valence-corrected chi connectivity index (χ2v) is 10.0. The summed E-state index contributed by atoms with van der Waals surface area (Å²) in [5, 5.41) is 0. The van der Waals surface area contributed by atoms with Gasteiger partial charge in [0.05, 0.1) is 56.4 Å². The van der Waals surface area contributed by atoms with Gasteiger partial charge in [0.15, 0.2) is 16.3 Å². The van der Waals surface area contributed by atoms with E-state index in [9.17, 15) is 9.59 Å². The Hall–Kier alpha value is -4.05. The zero-order chi connectivity index (χ0) is 28.8. The molecule has 0 saturated carbocycles. The van der Waals surface area contributed by atoms with Crippen molar-refractivity contribution in [3.05, 3.63) is 78.5 Å². The molecule has 0 N–H and O–H groups in total. The number of allylic oxidation sites excluding steroid dienone is 1. The summed E-state index contributed by atoms with van der Waals surface area (Å²) in [5.41, 5.74) is 1.88. The first-order chi connectivity index (χ1) is 19.4. The fourth-order valence-electron chi connectivity index (χ4n) is 4.49. The molecule has 1 aliphatic rings. The number of aromatic nitrogens is 1. The molecular weight excluding hydrogens is 532 g/mol. The molecule has 0 bridgehead atoms. The van der Waals surface area contributed by atoms with Crippen molar-refractivity contribution in [1.82, 2.24) is 4.57 Å². The Labute approximate surface area is 236 Å². The van der Waals surface area contributed by atoms with Gasteiger partial charge in [-0.1, -0.05) is 30.7 Å². The Kier molecular flexibility index (Phi) is 9.31. The number of thiazole rings is 1. The first-order valence-electron chi connectivity index (χ1n) is 13.1. The van der Waals surface area contributed by atoms with Gasteiger partial charge in [0.1, 0.15) is 11.5 Å². The van der Waals surface area contributed by atoms with Crippen LogP contribution in [0.1, 0.15) is 50.8 Å². The molecule has 4 rings (SSSR count). The standard InChI is InChI=1S/C30H34N2O7S/c1-7-9-14-39-22-13-11-20(15-24(22)37-6)27-26(29(34)38-8-2)18(3)31-30-32(27)28(33)25(40-30)16-19-10-12-21(35-4)17-23(19)36-5/h10-13,15-17,27H,7-9,14H2,1-6H3/b25-16+/t27-/m0/s1. The Bertz CT molecular complexity index is 1600. The van der Waals surface area contributed by atoms with Crippen LogP contribution in [0.3, 0.4) is 0 Å². The maximum absolute atomic E-state index is 13.9. The van der Waals surface area contributed by atoms with Crippen molar-refractivity contribution in [2.24, 2.45) is 4.99 Å². The van der Waals surface area contributed by atoms with Crippen LogP contribution < -0.4 is 33.8 Å². The summed E-state index contributed by atoms with van der Waals surface area (Å²) in [4.78, 5) is 32.3. The minimum atomic E-state index is -0.770. The molecule has 1 aliphatic heterocycles. The van der Waals surface area contributed by atoms with Gasteiger partial charge < -0.3 is 23.7 Å². The molecule has 0 aliphatic carbocycles. The van der Waals surface area contributed by atoms with Crippen molar-refractivity contribution < 1.29 is 28.5 Å².